The average molecular weight is 696 g/mol. The average Bonchev–Trinajstić information content (AvgIpc) is 3.12. The summed E-state index contributed by atoms with van der Waals surface area (Å²) in [6, 6.07) is 20.0. The Morgan fingerprint density at radius 1 is 0.694 bits per heavy atom. The third-order valence-electron chi connectivity index (χ3n) is 9.47. The monoisotopic (exact) mass is 695 g/mol. The van der Waals surface area contributed by atoms with Gasteiger partial charge < -0.3 is 14.5 Å². The fourth-order valence-electron chi connectivity index (χ4n) is 6.41. The molecule has 3 saturated heterocycles. The zero-order chi connectivity index (χ0) is 34.8. The Morgan fingerprint density at radius 3 is 1.59 bits per heavy atom. The molecule has 3 aromatic carbocycles. The number of hydrogen-bond acceptors (Lipinski definition) is 11. The molecule has 0 bridgehead atoms. The van der Waals surface area contributed by atoms with Gasteiger partial charge in [0.25, 0.3) is 21.5 Å². The molecule has 0 spiro atoms. The quantitative estimate of drug-likeness (QED) is 0.147. The zero-order valence-corrected chi connectivity index (χ0v) is 28.7. The van der Waals surface area contributed by atoms with Crippen molar-refractivity contribution in [3.8, 4) is 0 Å². The van der Waals surface area contributed by atoms with Crippen LogP contribution in [0.15, 0.2) is 77.7 Å². The van der Waals surface area contributed by atoms with Gasteiger partial charge in [-0.15, -0.1) is 0 Å². The van der Waals surface area contributed by atoms with E-state index in [2.05, 4.69) is 14.7 Å². The Balaban J connectivity index is 0.000000195. The minimum atomic E-state index is -3.73. The van der Waals surface area contributed by atoms with E-state index in [-0.39, 0.29) is 33.7 Å². The highest BCUT2D eigenvalue weighted by Crippen LogP contribution is 2.27. The third kappa shape index (κ3) is 10.4. The highest BCUT2D eigenvalue weighted by molar-refractivity contribution is 7.86. The molecule has 14 heteroatoms. The van der Waals surface area contributed by atoms with E-state index in [9.17, 15) is 28.6 Å². The molecule has 6 rings (SSSR count). The summed E-state index contributed by atoms with van der Waals surface area (Å²) in [5.41, 5.74) is 3.25. The lowest BCUT2D eigenvalue weighted by Gasteiger charge is -2.37. The van der Waals surface area contributed by atoms with Gasteiger partial charge in [-0.2, -0.15) is 8.42 Å². The van der Waals surface area contributed by atoms with E-state index in [1.807, 2.05) is 19.1 Å². The molecule has 0 aliphatic carbocycles. The predicted molar refractivity (Wildman–Crippen MR) is 188 cm³/mol. The second-order valence-electron chi connectivity index (χ2n) is 12.9. The number of morpholine rings is 1. The number of piperidine rings is 2. The van der Waals surface area contributed by atoms with E-state index in [0.29, 0.717) is 0 Å². The van der Waals surface area contributed by atoms with Gasteiger partial charge in [0, 0.05) is 81.5 Å². The molecule has 0 atom stereocenters. The second-order valence-corrected chi connectivity index (χ2v) is 14.5. The lowest BCUT2D eigenvalue weighted by molar-refractivity contribution is -0.385. The number of non-ortho nitro benzene ring substituents is 2. The number of ether oxygens (including phenoxy) is 1. The van der Waals surface area contributed by atoms with Crippen LogP contribution in [-0.4, -0.2) is 88.8 Å². The molecule has 0 radical (unpaired) electrons. The van der Waals surface area contributed by atoms with Crippen LogP contribution in [0.3, 0.4) is 0 Å². The van der Waals surface area contributed by atoms with Crippen LogP contribution in [0.4, 0.5) is 22.7 Å². The Morgan fingerprint density at radius 2 is 1.14 bits per heavy atom. The minimum Gasteiger partial charge on any atom is -0.379 e. The van der Waals surface area contributed by atoms with E-state index in [0.717, 1.165) is 88.2 Å². The van der Waals surface area contributed by atoms with E-state index < -0.39 is 15.0 Å². The normalized spacial score (nSPS) is 18.1. The highest BCUT2D eigenvalue weighted by Gasteiger charge is 2.25. The van der Waals surface area contributed by atoms with Crippen molar-refractivity contribution >= 4 is 32.9 Å². The first-order valence-electron chi connectivity index (χ1n) is 16.8. The molecule has 3 aliphatic heterocycles. The molecular weight excluding hydrogens is 650 g/mol. The van der Waals surface area contributed by atoms with E-state index >= 15 is 0 Å². The largest absolute Gasteiger partial charge is 0.379 e. The van der Waals surface area contributed by atoms with Gasteiger partial charge in [0.1, 0.15) is 0 Å². The van der Waals surface area contributed by atoms with Gasteiger partial charge in [-0.25, -0.2) is 0 Å². The van der Waals surface area contributed by atoms with Crippen LogP contribution in [0.1, 0.15) is 31.2 Å². The van der Waals surface area contributed by atoms with Crippen LogP contribution in [0, 0.1) is 39.0 Å². The molecule has 264 valence electrons. The first kappa shape index (κ1) is 36.2. The molecule has 3 fully saturated rings. The molecule has 0 N–H and O–H groups in total. The molecule has 13 nitrogen and oxygen atoms in total. The van der Waals surface area contributed by atoms with Crippen molar-refractivity contribution in [2.45, 2.75) is 37.5 Å². The maximum absolute atomic E-state index is 12.3. The van der Waals surface area contributed by atoms with Crippen molar-refractivity contribution in [3.05, 3.63) is 98.6 Å². The highest BCUT2D eigenvalue weighted by atomic mass is 32.2. The van der Waals surface area contributed by atoms with Crippen molar-refractivity contribution < 1.29 is 27.2 Å². The van der Waals surface area contributed by atoms with Crippen molar-refractivity contribution in [1.82, 2.24) is 4.90 Å². The minimum absolute atomic E-state index is 0.0725. The van der Waals surface area contributed by atoms with Crippen LogP contribution in [0.5, 0.6) is 0 Å². The smallest absolute Gasteiger partial charge is 0.296 e. The summed E-state index contributed by atoms with van der Waals surface area (Å²) in [6.07, 6.45) is 3.99. The summed E-state index contributed by atoms with van der Waals surface area (Å²) < 4.78 is 35.2. The maximum Gasteiger partial charge on any atom is 0.296 e. The van der Waals surface area contributed by atoms with Crippen LogP contribution >= 0.6 is 0 Å². The molecule has 0 saturated carbocycles. The molecule has 3 aromatic rings. The summed E-state index contributed by atoms with van der Waals surface area (Å²) in [7, 11) is -3.73. The lowest BCUT2D eigenvalue weighted by atomic mass is 9.95. The number of nitro benzene ring substituents is 2. The number of aryl methyl sites for hydroxylation is 1. The van der Waals surface area contributed by atoms with Gasteiger partial charge in [-0.3, -0.25) is 29.3 Å². The fraction of sp³-hybridized carbons (Fsp3) is 0.486. The molecule has 49 heavy (non-hydrogen) atoms. The maximum atomic E-state index is 12.3. The molecule has 0 aromatic heterocycles. The lowest BCUT2D eigenvalue weighted by Crippen LogP contribution is -2.42. The molecular formula is C35H45N5O8S. The van der Waals surface area contributed by atoms with Gasteiger partial charge in [0.2, 0.25) is 0 Å². The Bertz CT molecular complexity index is 1620. The van der Waals surface area contributed by atoms with E-state index in [4.69, 9.17) is 8.92 Å². The molecule has 0 unspecified atom stereocenters. The number of nitrogens with zero attached hydrogens (tertiary/aromatic N) is 5. The van der Waals surface area contributed by atoms with Gasteiger partial charge >= 0.3 is 0 Å². The number of hydrogen-bond donors (Lipinski definition) is 0. The molecule has 3 heterocycles. The zero-order valence-electron chi connectivity index (χ0n) is 27.9. The van der Waals surface area contributed by atoms with Crippen molar-refractivity contribution in [3.63, 3.8) is 0 Å². The number of benzene rings is 3. The summed E-state index contributed by atoms with van der Waals surface area (Å²) in [4.78, 5) is 27.8. The van der Waals surface area contributed by atoms with Crippen LogP contribution in [0.2, 0.25) is 0 Å². The number of nitro groups is 2. The summed E-state index contributed by atoms with van der Waals surface area (Å²) in [6.45, 7) is 10.7. The van der Waals surface area contributed by atoms with E-state index in [1.165, 1.54) is 31.5 Å². The number of rotatable bonds is 10. The summed E-state index contributed by atoms with van der Waals surface area (Å²) in [5, 5.41) is 21.4. The van der Waals surface area contributed by atoms with Gasteiger partial charge in [-0.05, 0) is 80.8 Å². The standard InChI is InChI=1S/C19H22N2O5S.C16H23N3O3/c1-15-2-8-19(9-3-15)27(24,25)26-14-16-10-12-20(13-11-16)17-4-6-18(7-5-17)21(22)23;20-19(21)16-3-1-15(2-4-16)18-7-5-14(6-8-18)13-17-9-11-22-12-10-17/h2-9,16H,10-14H2,1H3;1-4,14H,5-13H2. The summed E-state index contributed by atoms with van der Waals surface area (Å²) in [5.74, 6) is 0.923. The van der Waals surface area contributed by atoms with Crippen LogP contribution < -0.4 is 9.80 Å². The summed E-state index contributed by atoms with van der Waals surface area (Å²) >= 11 is 0. The van der Waals surface area contributed by atoms with Gasteiger partial charge in [-0.1, -0.05) is 17.7 Å². The van der Waals surface area contributed by atoms with Gasteiger partial charge in [0.05, 0.1) is 34.6 Å². The van der Waals surface area contributed by atoms with Crippen molar-refractivity contribution in [2.24, 2.45) is 11.8 Å². The Hall–Kier alpha value is -4.11. The first-order valence-corrected chi connectivity index (χ1v) is 18.2. The fourth-order valence-corrected chi connectivity index (χ4v) is 7.39. The van der Waals surface area contributed by atoms with Gasteiger partial charge in [0.15, 0.2) is 0 Å². The molecule has 0 amide bonds. The van der Waals surface area contributed by atoms with Crippen molar-refractivity contribution in [2.75, 3.05) is 75.4 Å². The second kappa shape index (κ2) is 17.0. The third-order valence-corrected chi connectivity index (χ3v) is 10.8. The molecule has 3 aliphatic rings. The Labute approximate surface area is 287 Å². The topological polar surface area (TPSA) is 149 Å². The SMILES string of the molecule is Cc1ccc(S(=O)(=O)OCC2CCN(c3ccc([N+](=O)[O-])cc3)CC2)cc1.O=[N+]([O-])c1ccc(N2CCC(CN3CCOCC3)CC2)cc1. The first-order chi connectivity index (χ1) is 23.6. The predicted octanol–water partition coefficient (Wildman–Crippen LogP) is 5.67. The number of anilines is 2. The van der Waals surface area contributed by atoms with E-state index in [1.54, 1.807) is 48.5 Å². The Kier molecular flexibility index (Phi) is 12.6. The van der Waals surface area contributed by atoms with Crippen LogP contribution in [-0.2, 0) is 19.0 Å². The van der Waals surface area contributed by atoms with Crippen molar-refractivity contribution in [1.29, 1.82) is 0 Å². The van der Waals surface area contributed by atoms with Crippen LogP contribution in [0.25, 0.3) is 0 Å².